The minimum Gasteiger partial charge on any atom is -0.507 e. The molecule has 0 fully saturated rings. The summed E-state index contributed by atoms with van der Waals surface area (Å²) in [6.45, 7) is 27.1. The van der Waals surface area contributed by atoms with Gasteiger partial charge in [-0.15, -0.1) is 12.1 Å². The van der Waals surface area contributed by atoms with E-state index in [-0.39, 0.29) is 43.1 Å². The summed E-state index contributed by atoms with van der Waals surface area (Å²) in [4.78, 5) is 11.1. The fraction of sp³-hybridized carbons (Fsp3) is 0.200. The molecule has 0 aliphatic carbocycles. The topological polar surface area (TPSA) is 69.0 Å². The van der Waals surface area contributed by atoms with Crippen LogP contribution in [0.5, 0.6) is 5.75 Å². The third kappa shape index (κ3) is 9.76. The standard InChI is InChI=1S/C75H69N4O2Si.Pt/c1-73(2,3)50-33-38-65(57(41-50)48-21-14-13-15-22-48)79-66-27-20-25-56(69(66)77-72(79)60-42-51(74(4,5)6)43-62(70(60)80)75(7,8)9)59-40-49(39-58-55-24-17-19-28-68(55)81-71(58)59)63-44-67-61(45-76-63)54-23-16-18-26-64(54)78(67)52-34-29-46(30-35-52)47-31-36-53(37-32-47)82(10,11)12;/h13-39,41-45,80H,1-12H3;/q-1;. The van der Waals surface area contributed by atoms with E-state index in [1.165, 1.54) is 21.9 Å². The van der Waals surface area contributed by atoms with E-state index in [2.05, 4.69) is 273 Å². The molecule has 0 saturated carbocycles. The number of furan rings is 1. The van der Waals surface area contributed by atoms with Gasteiger partial charge in [-0.3, -0.25) is 9.55 Å². The number of aromatic nitrogens is 4. The Morgan fingerprint density at radius 1 is 0.506 bits per heavy atom. The fourth-order valence-electron chi connectivity index (χ4n) is 11.9. The van der Waals surface area contributed by atoms with Crippen LogP contribution < -0.4 is 5.19 Å². The smallest absolute Gasteiger partial charge is 0.148 e. The fourth-order valence-corrected chi connectivity index (χ4v) is 13.1. The summed E-state index contributed by atoms with van der Waals surface area (Å²) in [6, 6.07) is 71.5. The normalized spacial score (nSPS) is 12.5. The number of fused-ring (bicyclic) bond motifs is 7. The van der Waals surface area contributed by atoms with Gasteiger partial charge in [0.1, 0.15) is 17.2 Å². The van der Waals surface area contributed by atoms with Gasteiger partial charge < -0.3 is 14.1 Å². The number of nitrogens with zero attached hydrogens (tertiary/aromatic N) is 4. The molecule has 8 heteroatoms. The van der Waals surface area contributed by atoms with E-state index in [0.717, 1.165) is 105 Å². The molecule has 0 unspecified atom stereocenters. The number of phenolic OH excluding ortho intramolecular Hbond substituents is 1. The Hall–Kier alpha value is -8.09. The van der Waals surface area contributed by atoms with Crippen molar-refractivity contribution < 1.29 is 30.6 Å². The Labute approximate surface area is 502 Å². The molecule has 0 bridgehead atoms. The van der Waals surface area contributed by atoms with Gasteiger partial charge in [-0.1, -0.05) is 231 Å². The van der Waals surface area contributed by atoms with Gasteiger partial charge in [0.05, 0.1) is 47.0 Å². The van der Waals surface area contributed by atoms with Gasteiger partial charge in [0.2, 0.25) is 0 Å². The number of benzene rings is 9. The van der Waals surface area contributed by atoms with Gasteiger partial charge in [0, 0.05) is 65.9 Å². The zero-order chi connectivity index (χ0) is 57.2. The van der Waals surface area contributed by atoms with Crippen molar-refractivity contribution in [2.75, 3.05) is 0 Å². The van der Waals surface area contributed by atoms with Crippen molar-refractivity contribution in [3.05, 3.63) is 217 Å². The Bertz CT molecular complexity index is 4650. The summed E-state index contributed by atoms with van der Waals surface area (Å²) < 4.78 is 11.6. The van der Waals surface area contributed by atoms with Crippen LogP contribution in [0.3, 0.4) is 0 Å². The average Bonchev–Trinajstić information content (AvgIpc) is 2.04. The first-order valence-corrected chi connectivity index (χ1v) is 32.2. The number of hydrogen-bond donors (Lipinski definition) is 1. The molecule has 6 nitrogen and oxygen atoms in total. The van der Waals surface area contributed by atoms with E-state index in [9.17, 15) is 5.11 Å². The molecule has 0 atom stereocenters. The SMILES string of the molecule is CC(C)(C)c1ccc(-n2c(-c3cc(C(C)(C)C)cc(C(C)(C)C)c3O)nc3c(-c4[c-]c(-c5cc6c(cn5)c5ccccc5n6-c5ccc(-c6ccc([Si](C)(C)C)cc6)cc5)cc5c4oc4ccccc45)cccc32)c(-c2ccccc2)c1.[Pt]. The molecular weight excluding hydrogens is 1210 g/mol. The minimum atomic E-state index is -1.42. The number of hydrogen-bond acceptors (Lipinski definition) is 4. The summed E-state index contributed by atoms with van der Waals surface area (Å²) >= 11 is 0. The van der Waals surface area contributed by atoms with Crippen LogP contribution in [-0.4, -0.2) is 32.3 Å². The largest absolute Gasteiger partial charge is 0.507 e. The predicted molar refractivity (Wildman–Crippen MR) is 347 cm³/mol. The van der Waals surface area contributed by atoms with E-state index >= 15 is 0 Å². The molecule has 83 heavy (non-hydrogen) atoms. The second kappa shape index (κ2) is 20.4. The van der Waals surface area contributed by atoms with Crippen molar-refractivity contribution >= 4 is 68.0 Å². The zero-order valence-electron chi connectivity index (χ0n) is 49.4. The third-order valence-corrected chi connectivity index (χ3v) is 18.7. The Balaban J connectivity index is 0.00000680. The molecule has 9 aromatic carbocycles. The summed E-state index contributed by atoms with van der Waals surface area (Å²) in [7, 11) is -1.42. The Morgan fingerprint density at radius 3 is 1.83 bits per heavy atom. The van der Waals surface area contributed by atoms with Crippen molar-refractivity contribution in [3.63, 3.8) is 0 Å². The number of rotatable bonds is 8. The second-order valence-corrected chi connectivity index (χ2v) is 31.5. The van der Waals surface area contributed by atoms with E-state index in [1.807, 2.05) is 18.3 Å². The number of para-hydroxylation sites is 3. The van der Waals surface area contributed by atoms with Crippen LogP contribution in [0.1, 0.15) is 79.0 Å². The maximum atomic E-state index is 12.8. The van der Waals surface area contributed by atoms with Crippen LogP contribution in [0.2, 0.25) is 19.6 Å². The molecule has 4 aromatic heterocycles. The Morgan fingerprint density at radius 2 is 1.14 bits per heavy atom. The zero-order valence-corrected chi connectivity index (χ0v) is 52.7. The average molecular weight is 1280 g/mol. The molecule has 0 aliphatic rings. The van der Waals surface area contributed by atoms with Crippen LogP contribution in [0, 0.1) is 6.07 Å². The number of imidazole rings is 1. The van der Waals surface area contributed by atoms with Gasteiger partial charge in [-0.25, -0.2) is 4.98 Å². The van der Waals surface area contributed by atoms with Crippen LogP contribution >= 0.6 is 0 Å². The summed E-state index contributed by atoms with van der Waals surface area (Å²) in [6.07, 6.45) is 2.02. The van der Waals surface area contributed by atoms with Crippen molar-refractivity contribution in [2.45, 2.75) is 98.2 Å². The molecule has 1 N–H and O–H groups in total. The van der Waals surface area contributed by atoms with E-state index in [4.69, 9.17) is 14.4 Å². The van der Waals surface area contributed by atoms with Crippen LogP contribution in [-0.2, 0) is 37.3 Å². The van der Waals surface area contributed by atoms with Gasteiger partial charge in [0.15, 0.2) is 0 Å². The van der Waals surface area contributed by atoms with Crippen molar-refractivity contribution in [1.29, 1.82) is 0 Å². The number of aromatic hydroxyl groups is 1. The first-order valence-electron chi connectivity index (χ1n) is 28.7. The van der Waals surface area contributed by atoms with Crippen molar-refractivity contribution in [1.82, 2.24) is 19.1 Å². The molecule has 13 aromatic rings. The molecule has 4 heterocycles. The predicted octanol–water partition coefficient (Wildman–Crippen LogP) is 19.7. The molecule has 0 spiro atoms. The summed E-state index contributed by atoms with van der Waals surface area (Å²) in [5.74, 6) is 0.864. The first-order chi connectivity index (χ1) is 39.1. The molecule has 0 aliphatic heterocycles. The van der Waals surface area contributed by atoms with Crippen molar-refractivity contribution in [3.8, 4) is 73.2 Å². The quantitative estimate of drug-likeness (QED) is 0.122. The van der Waals surface area contributed by atoms with Gasteiger partial charge in [-0.2, -0.15) is 0 Å². The minimum absolute atomic E-state index is 0. The molecule has 0 radical (unpaired) electrons. The van der Waals surface area contributed by atoms with Gasteiger partial charge in [-0.05, 0) is 104 Å². The second-order valence-electron chi connectivity index (χ2n) is 26.4. The number of pyridine rings is 1. The monoisotopic (exact) mass is 1280 g/mol. The number of phenols is 1. The maximum absolute atomic E-state index is 12.8. The van der Waals surface area contributed by atoms with Crippen molar-refractivity contribution in [2.24, 2.45) is 0 Å². The van der Waals surface area contributed by atoms with Gasteiger partial charge >= 0.3 is 0 Å². The van der Waals surface area contributed by atoms with E-state index in [0.29, 0.717) is 17.0 Å². The molecular formula is C75H69N4O2PtSi-. The first kappa shape index (κ1) is 55.4. The van der Waals surface area contributed by atoms with E-state index in [1.54, 1.807) is 0 Å². The third-order valence-electron chi connectivity index (χ3n) is 16.6. The van der Waals surface area contributed by atoms with Crippen LogP contribution in [0.15, 0.2) is 199 Å². The molecule has 13 rings (SSSR count). The maximum Gasteiger partial charge on any atom is 0.148 e. The van der Waals surface area contributed by atoms with Crippen LogP contribution in [0.25, 0.3) is 122 Å². The van der Waals surface area contributed by atoms with Crippen LogP contribution in [0.4, 0.5) is 0 Å². The van der Waals surface area contributed by atoms with E-state index < -0.39 is 8.07 Å². The Kier molecular flexibility index (Phi) is 13.6. The molecule has 0 amide bonds. The molecule has 0 saturated heterocycles. The summed E-state index contributed by atoms with van der Waals surface area (Å²) in [5, 5.41) is 18.4. The van der Waals surface area contributed by atoms with Gasteiger partial charge in [0.25, 0.3) is 0 Å². The molecule has 416 valence electrons. The summed E-state index contributed by atoms with van der Waals surface area (Å²) in [5.41, 5.74) is 18.3.